The molecule has 0 radical (unpaired) electrons. The van der Waals surface area contributed by atoms with Crippen LogP contribution in [-0.4, -0.2) is 53.4 Å². The topological polar surface area (TPSA) is 79.0 Å². The SMILES string of the molecule is CCC(CC)NC(=O)CN1OC2C(=O)N(C)C(=O)C2C1c1ccc(Cl)cc1. The number of hydrogen-bond donors (Lipinski definition) is 1. The van der Waals surface area contributed by atoms with E-state index in [1.54, 1.807) is 24.3 Å². The molecule has 0 saturated carbocycles. The molecule has 2 heterocycles. The van der Waals surface area contributed by atoms with Crippen LogP contribution in [0.3, 0.4) is 0 Å². The fourth-order valence-electron chi connectivity index (χ4n) is 3.68. The average molecular weight is 394 g/mol. The smallest absolute Gasteiger partial charge is 0.261 e. The lowest BCUT2D eigenvalue weighted by atomic mass is 9.91. The molecule has 27 heavy (non-hydrogen) atoms. The summed E-state index contributed by atoms with van der Waals surface area (Å²) in [5.41, 5.74) is 0.777. The molecule has 0 bridgehead atoms. The van der Waals surface area contributed by atoms with Crippen LogP contribution < -0.4 is 5.32 Å². The molecule has 0 aromatic heterocycles. The normalized spacial score (nSPS) is 25.4. The van der Waals surface area contributed by atoms with Gasteiger partial charge in [-0.15, -0.1) is 0 Å². The number of hydrogen-bond acceptors (Lipinski definition) is 5. The zero-order valence-electron chi connectivity index (χ0n) is 15.6. The van der Waals surface area contributed by atoms with Crippen molar-refractivity contribution in [2.45, 2.75) is 44.9 Å². The van der Waals surface area contributed by atoms with Gasteiger partial charge in [-0.3, -0.25) is 24.1 Å². The standard InChI is InChI=1S/C19H24ClN3O4/c1-4-13(5-2)21-14(24)10-23-16(11-6-8-12(20)9-7-11)15-17(27-23)19(26)22(3)18(15)25/h6-9,13,15-17H,4-5,10H2,1-3H3,(H,21,24). The maximum Gasteiger partial charge on any atom is 0.261 e. The monoisotopic (exact) mass is 393 g/mol. The Balaban J connectivity index is 1.86. The summed E-state index contributed by atoms with van der Waals surface area (Å²) in [5.74, 6) is -1.56. The summed E-state index contributed by atoms with van der Waals surface area (Å²) in [5, 5.41) is 4.98. The quantitative estimate of drug-likeness (QED) is 0.747. The molecule has 0 aliphatic carbocycles. The van der Waals surface area contributed by atoms with E-state index in [1.807, 2.05) is 13.8 Å². The third-order valence-corrected chi connectivity index (χ3v) is 5.53. The van der Waals surface area contributed by atoms with Gasteiger partial charge in [0.25, 0.3) is 5.91 Å². The lowest BCUT2D eigenvalue weighted by Gasteiger charge is -2.26. The number of imide groups is 1. The first kappa shape index (κ1) is 19.8. The van der Waals surface area contributed by atoms with Crippen molar-refractivity contribution in [3.05, 3.63) is 34.9 Å². The average Bonchev–Trinajstić information content (AvgIpc) is 3.12. The van der Waals surface area contributed by atoms with Gasteiger partial charge in [-0.05, 0) is 30.5 Å². The van der Waals surface area contributed by atoms with E-state index in [0.717, 1.165) is 23.3 Å². The molecule has 3 atom stereocenters. The zero-order chi connectivity index (χ0) is 19.7. The van der Waals surface area contributed by atoms with Gasteiger partial charge in [-0.2, -0.15) is 5.06 Å². The number of carbonyl (C=O) groups excluding carboxylic acids is 3. The molecule has 1 aromatic carbocycles. The summed E-state index contributed by atoms with van der Waals surface area (Å²) >= 11 is 5.98. The highest BCUT2D eigenvalue weighted by Gasteiger charge is 2.58. The Hall–Kier alpha value is -1.96. The Morgan fingerprint density at radius 3 is 2.41 bits per heavy atom. The lowest BCUT2D eigenvalue weighted by Crippen LogP contribution is -2.43. The van der Waals surface area contributed by atoms with Crippen LogP contribution in [0.5, 0.6) is 0 Å². The number of carbonyl (C=O) groups is 3. The molecule has 1 aromatic rings. The summed E-state index contributed by atoms with van der Waals surface area (Å²) < 4.78 is 0. The van der Waals surface area contributed by atoms with E-state index in [-0.39, 0.29) is 30.3 Å². The highest BCUT2D eigenvalue weighted by atomic mass is 35.5. The van der Waals surface area contributed by atoms with Crippen LogP contribution in [0.15, 0.2) is 24.3 Å². The fraction of sp³-hybridized carbons (Fsp3) is 0.526. The van der Waals surface area contributed by atoms with Gasteiger partial charge in [0.05, 0.1) is 12.0 Å². The Bertz CT molecular complexity index is 735. The number of nitrogens with one attached hydrogen (secondary N) is 1. The van der Waals surface area contributed by atoms with Crippen molar-refractivity contribution in [1.82, 2.24) is 15.3 Å². The molecule has 8 heteroatoms. The van der Waals surface area contributed by atoms with E-state index >= 15 is 0 Å². The van der Waals surface area contributed by atoms with Gasteiger partial charge >= 0.3 is 0 Å². The van der Waals surface area contributed by atoms with E-state index in [4.69, 9.17) is 16.4 Å². The second-order valence-corrected chi connectivity index (χ2v) is 7.38. The number of halogens is 1. The highest BCUT2D eigenvalue weighted by Crippen LogP contribution is 2.44. The van der Waals surface area contributed by atoms with Crippen molar-refractivity contribution in [2.24, 2.45) is 5.92 Å². The molecular formula is C19H24ClN3O4. The number of nitrogens with zero attached hydrogens (tertiary/aromatic N) is 2. The Labute approximate surface area is 163 Å². The number of fused-ring (bicyclic) bond motifs is 1. The first-order valence-corrected chi connectivity index (χ1v) is 9.54. The molecule has 2 aliphatic rings. The third kappa shape index (κ3) is 3.72. The Kier molecular flexibility index (Phi) is 5.83. The summed E-state index contributed by atoms with van der Waals surface area (Å²) in [4.78, 5) is 44.3. The third-order valence-electron chi connectivity index (χ3n) is 5.28. The minimum absolute atomic E-state index is 0.0545. The molecule has 3 rings (SSSR count). The van der Waals surface area contributed by atoms with Gasteiger partial charge < -0.3 is 5.32 Å². The van der Waals surface area contributed by atoms with Crippen molar-refractivity contribution in [2.75, 3.05) is 13.6 Å². The number of hydroxylamine groups is 2. The van der Waals surface area contributed by atoms with Crippen molar-refractivity contribution >= 4 is 29.3 Å². The van der Waals surface area contributed by atoms with Crippen LogP contribution in [0.25, 0.3) is 0 Å². The number of benzene rings is 1. The van der Waals surface area contributed by atoms with Gasteiger partial charge in [0.2, 0.25) is 11.8 Å². The minimum atomic E-state index is -0.899. The van der Waals surface area contributed by atoms with Gasteiger partial charge in [-0.25, -0.2) is 0 Å². The summed E-state index contributed by atoms with van der Waals surface area (Å²) in [6, 6.07) is 6.58. The van der Waals surface area contributed by atoms with Crippen LogP contribution in [0, 0.1) is 5.92 Å². The summed E-state index contributed by atoms with van der Waals surface area (Å²) in [6.45, 7) is 3.96. The molecule has 2 fully saturated rings. The number of rotatable bonds is 6. The van der Waals surface area contributed by atoms with E-state index in [0.29, 0.717) is 5.02 Å². The van der Waals surface area contributed by atoms with E-state index in [1.165, 1.54) is 12.1 Å². The second-order valence-electron chi connectivity index (χ2n) is 6.94. The number of likely N-dealkylation sites (N-methyl/N-ethyl adjacent to an activating group) is 1. The number of likely N-dealkylation sites (tertiary alicyclic amines) is 1. The van der Waals surface area contributed by atoms with Gasteiger partial charge in [0, 0.05) is 18.1 Å². The van der Waals surface area contributed by atoms with E-state index in [9.17, 15) is 14.4 Å². The van der Waals surface area contributed by atoms with E-state index < -0.39 is 18.1 Å². The number of amides is 3. The molecule has 1 N–H and O–H groups in total. The zero-order valence-corrected chi connectivity index (χ0v) is 16.4. The largest absolute Gasteiger partial charge is 0.352 e. The maximum absolute atomic E-state index is 12.6. The first-order valence-electron chi connectivity index (χ1n) is 9.17. The van der Waals surface area contributed by atoms with Crippen molar-refractivity contribution in [1.29, 1.82) is 0 Å². The molecule has 2 saturated heterocycles. The minimum Gasteiger partial charge on any atom is -0.352 e. The van der Waals surface area contributed by atoms with Crippen LogP contribution in [0.2, 0.25) is 5.02 Å². The van der Waals surface area contributed by atoms with Crippen LogP contribution in [-0.2, 0) is 19.2 Å². The van der Waals surface area contributed by atoms with Crippen LogP contribution in [0.1, 0.15) is 38.3 Å². The summed E-state index contributed by atoms with van der Waals surface area (Å²) in [7, 11) is 1.45. The molecular weight excluding hydrogens is 370 g/mol. The molecule has 7 nitrogen and oxygen atoms in total. The van der Waals surface area contributed by atoms with Crippen molar-refractivity contribution < 1.29 is 19.2 Å². The van der Waals surface area contributed by atoms with Gasteiger partial charge in [0.15, 0.2) is 6.10 Å². The van der Waals surface area contributed by atoms with Crippen molar-refractivity contribution in [3.63, 3.8) is 0 Å². The fourth-order valence-corrected chi connectivity index (χ4v) is 3.81. The Morgan fingerprint density at radius 2 is 1.81 bits per heavy atom. The molecule has 0 spiro atoms. The predicted molar refractivity (Wildman–Crippen MR) is 99.6 cm³/mol. The maximum atomic E-state index is 12.6. The first-order chi connectivity index (χ1) is 12.9. The van der Waals surface area contributed by atoms with E-state index in [2.05, 4.69) is 5.32 Å². The summed E-state index contributed by atoms with van der Waals surface area (Å²) in [6.07, 6.45) is 0.761. The van der Waals surface area contributed by atoms with Crippen molar-refractivity contribution in [3.8, 4) is 0 Å². The molecule has 146 valence electrons. The van der Waals surface area contributed by atoms with Gasteiger partial charge in [0.1, 0.15) is 6.54 Å². The van der Waals surface area contributed by atoms with Crippen LogP contribution >= 0.6 is 11.6 Å². The van der Waals surface area contributed by atoms with Crippen LogP contribution in [0.4, 0.5) is 0 Å². The highest BCUT2D eigenvalue weighted by molar-refractivity contribution is 6.30. The molecule has 2 aliphatic heterocycles. The lowest BCUT2D eigenvalue weighted by molar-refractivity contribution is -0.182. The van der Waals surface area contributed by atoms with Gasteiger partial charge in [-0.1, -0.05) is 37.6 Å². The molecule has 3 amide bonds. The second kappa shape index (κ2) is 7.96. The Morgan fingerprint density at radius 1 is 1.19 bits per heavy atom. The predicted octanol–water partition coefficient (Wildman–Crippen LogP) is 1.92. The molecule has 3 unspecified atom stereocenters.